The molecule has 0 radical (unpaired) electrons. The van der Waals surface area contributed by atoms with Crippen LogP contribution in [0.3, 0.4) is 0 Å². The van der Waals surface area contributed by atoms with Crippen molar-refractivity contribution < 1.29 is 9.53 Å². The van der Waals surface area contributed by atoms with Gasteiger partial charge in [0.25, 0.3) is 0 Å². The molecule has 2 aromatic heterocycles. The molecule has 0 unspecified atom stereocenters. The van der Waals surface area contributed by atoms with Crippen LogP contribution in [0.2, 0.25) is 10.0 Å². The lowest BCUT2D eigenvalue weighted by Crippen LogP contribution is -2.21. The molecule has 2 N–H and O–H groups in total. The number of hydrogen-bond donors (Lipinski definition) is 2. The highest BCUT2D eigenvalue weighted by molar-refractivity contribution is 7.80. The fraction of sp³-hybridized carbons (Fsp3) is 0.333. The second-order valence-electron chi connectivity index (χ2n) is 7.35. The Morgan fingerprint density at radius 3 is 2.81 bits per heavy atom. The van der Waals surface area contributed by atoms with Crippen molar-refractivity contribution in [3.8, 4) is 0 Å². The van der Waals surface area contributed by atoms with Crippen LogP contribution in [0.5, 0.6) is 0 Å². The van der Waals surface area contributed by atoms with E-state index < -0.39 is 0 Å². The van der Waals surface area contributed by atoms with Gasteiger partial charge in [-0.15, -0.1) is 16.4 Å². The Kier molecular flexibility index (Phi) is 7.30. The van der Waals surface area contributed by atoms with Crippen LogP contribution in [0.25, 0.3) is 0 Å². The summed E-state index contributed by atoms with van der Waals surface area (Å²) in [5.41, 5.74) is 2.60. The molecule has 0 spiro atoms. The number of fused-ring (bicyclic) bond motifs is 1. The molecular formula is C21H21Cl2N5O2S2. The number of benzene rings is 1. The van der Waals surface area contributed by atoms with E-state index >= 15 is 0 Å². The van der Waals surface area contributed by atoms with Gasteiger partial charge in [-0.05, 0) is 61.2 Å². The molecule has 0 bridgehead atoms. The van der Waals surface area contributed by atoms with Gasteiger partial charge in [0, 0.05) is 4.88 Å². The quantitative estimate of drug-likeness (QED) is 0.264. The number of thiophene rings is 1. The lowest BCUT2D eigenvalue weighted by atomic mass is 10.1. The summed E-state index contributed by atoms with van der Waals surface area (Å²) in [4.78, 5) is 17.9. The standard InChI is InChI=1S/C21H21Cl2N5O2S2/c1-30-19(29)17-13-5-3-2-4-6-16(13)32-18(17)25-21(31)26-20-24-11-28(27-20)10-12-7-8-14(22)15(23)9-12/h7-9,11H,2-6,10H2,1H3,(H2,25,26,27,31). The van der Waals surface area contributed by atoms with Gasteiger partial charge in [0.2, 0.25) is 5.95 Å². The van der Waals surface area contributed by atoms with Gasteiger partial charge in [0.05, 0.1) is 29.3 Å². The topological polar surface area (TPSA) is 81.1 Å². The second-order valence-corrected chi connectivity index (χ2v) is 9.68. The zero-order valence-electron chi connectivity index (χ0n) is 17.3. The molecule has 11 heteroatoms. The number of aryl methyl sites for hydroxylation is 1. The highest BCUT2D eigenvalue weighted by atomic mass is 35.5. The van der Waals surface area contributed by atoms with Gasteiger partial charge in [-0.2, -0.15) is 0 Å². The molecule has 0 saturated heterocycles. The van der Waals surface area contributed by atoms with Crippen LogP contribution in [0.4, 0.5) is 10.9 Å². The summed E-state index contributed by atoms with van der Waals surface area (Å²) < 4.78 is 6.70. The van der Waals surface area contributed by atoms with Crippen molar-refractivity contribution in [3.05, 3.63) is 56.1 Å². The van der Waals surface area contributed by atoms with Gasteiger partial charge in [0.1, 0.15) is 11.3 Å². The lowest BCUT2D eigenvalue weighted by Gasteiger charge is -2.09. The number of nitrogens with zero attached hydrogens (tertiary/aromatic N) is 3. The molecule has 0 fully saturated rings. The van der Waals surface area contributed by atoms with Gasteiger partial charge in [-0.3, -0.25) is 5.32 Å². The van der Waals surface area contributed by atoms with Crippen LogP contribution in [0.15, 0.2) is 24.5 Å². The van der Waals surface area contributed by atoms with E-state index in [1.807, 2.05) is 6.07 Å². The molecule has 2 heterocycles. The third-order valence-corrected chi connectivity index (χ3v) is 7.28. The highest BCUT2D eigenvalue weighted by Crippen LogP contribution is 2.38. The summed E-state index contributed by atoms with van der Waals surface area (Å²) >= 11 is 19.1. The van der Waals surface area contributed by atoms with Gasteiger partial charge in [-0.25, -0.2) is 14.5 Å². The molecule has 32 heavy (non-hydrogen) atoms. The van der Waals surface area contributed by atoms with Crippen molar-refractivity contribution in [1.82, 2.24) is 14.8 Å². The van der Waals surface area contributed by atoms with Crippen molar-refractivity contribution in [1.29, 1.82) is 0 Å². The number of carbonyl (C=O) groups is 1. The molecule has 4 rings (SSSR count). The molecule has 1 aliphatic carbocycles. The fourth-order valence-electron chi connectivity index (χ4n) is 3.64. The summed E-state index contributed by atoms with van der Waals surface area (Å²) in [6.45, 7) is 0.482. The smallest absolute Gasteiger partial charge is 0.341 e. The molecule has 3 aromatic rings. The van der Waals surface area contributed by atoms with E-state index in [0.717, 1.165) is 36.8 Å². The average Bonchev–Trinajstić information content (AvgIpc) is 3.26. The van der Waals surface area contributed by atoms with Gasteiger partial charge >= 0.3 is 5.97 Å². The number of aromatic nitrogens is 3. The van der Waals surface area contributed by atoms with E-state index in [9.17, 15) is 4.79 Å². The second kappa shape index (κ2) is 10.2. The number of halogens is 2. The molecule has 1 aromatic carbocycles. The van der Waals surface area contributed by atoms with E-state index in [2.05, 4.69) is 20.7 Å². The van der Waals surface area contributed by atoms with Crippen molar-refractivity contribution in [2.45, 2.75) is 38.6 Å². The van der Waals surface area contributed by atoms with Crippen LogP contribution in [0, 0.1) is 0 Å². The maximum atomic E-state index is 12.5. The molecule has 0 amide bonds. The number of thiocarbonyl (C=S) groups is 1. The zero-order valence-corrected chi connectivity index (χ0v) is 20.4. The van der Waals surface area contributed by atoms with Crippen LogP contribution in [-0.2, 0) is 24.1 Å². The maximum Gasteiger partial charge on any atom is 0.341 e. The molecule has 0 aliphatic heterocycles. The molecular weight excluding hydrogens is 489 g/mol. The largest absolute Gasteiger partial charge is 0.465 e. The Labute approximate surface area is 205 Å². The van der Waals surface area contributed by atoms with Crippen molar-refractivity contribution in [3.63, 3.8) is 0 Å². The number of carbonyl (C=O) groups excluding carboxylic acids is 1. The molecule has 1 aliphatic rings. The summed E-state index contributed by atoms with van der Waals surface area (Å²) in [6.07, 6.45) is 6.79. The number of rotatable bonds is 5. The van der Waals surface area contributed by atoms with Crippen LogP contribution in [-0.4, -0.2) is 33.0 Å². The third-order valence-electron chi connectivity index (χ3n) is 5.13. The molecule has 0 saturated carbocycles. The summed E-state index contributed by atoms with van der Waals surface area (Å²) in [5, 5.41) is 12.5. The third kappa shape index (κ3) is 5.23. The Morgan fingerprint density at radius 1 is 1.22 bits per heavy atom. The number of anilines is 2. The predicted octanol–water partition coefficient (Wildman–Crippen LogP) is 5.56. The highest BCUT2D eigenvalue weighted by Gasteiger charge is 2.25. The number of nitrogens with one attached hydrogen (secondary N) is 2. The number of methoxy groups -OCH3 is 1. The van der Waals surface area contributed by atoms with Crippen LogP contribution >= 0.6 is 46.8 Å². The number of ether oxygens (including phenoxy) is 1. The number of esters is 1. The summed E-state index contributed by atoms with van der Waals surface area (Å²) in [5.74, 6) is -0.000902. The first kappa shape index (κ1) is 23.0. The molecule has 0 atom stereocenters. The van der Waals surface area contributed by atoms with Gasteiger partial charge < -0.3 is 10.1 Å². The van der Waals surface area contributed by atoms with Crippen molar-refractivity contribution >= 4 is 68.8 Å². The Morgan fingerprint density at radius 2 is 2.03 bits per heavy atom. The Bertz CT molecular complexity index is 1160. The first-order valence-electron chi connectivity index (χ1n) is 10.1. The lowest BCUT2D eigenvalue weighted by molar-refractivity contribution is 0.0601. The van der Waals surface area contributed by atoms with Crippen LogP contribution < -0.4 is 10.6 Å². The van der Waals surface area contributed by atoms with Crippen LogP contribution in [0.1, 0.15) is 45.6 Å². The summed E-state index contributed by atoms with van der Waals surface area (Å²) in [6, 6.07) is 5.42. The zero-order chi connectivity index (χ0) is 22.7. The number of hydrogen-bond acceptors (Lipinski definition) is 6. The van der Waals surface area contributed by atoms with E-state index in [-0.39, 0.29) is 5.97 Å². The van der Waals surface area contributed by atoms with E-state index in [0.29, 0.717) is 38.2 Å². The minimum absolute atomic E-state index is 0.304. The summed E-state index contributed by atoms with van der Waals surface area (Å²) in [7, 11) is 1.40. The monoisotopic (exact) mass is 509 g/mol. The van der Waals surface area contributed by atoms with Gasteiger partial charge in [-0.1, -0.05) is 35.7 Å². The minimum atomic E-state index is -0.348. The van der Waals surface area contributed by atoms with E-state index in [1.54, 1.807) is 34.5 Å². The first-order valence-corrected chi connectivity index (χ1v) is 12.1. The van der Waals surface area contributed by atoms with E-state index in [4.69, 9.17) is 40.2 Å². The van der Waals surface area contributed by atoms with E-state index in [1.165, 1.54) is 18.4 Å². The van der Waals surface area contributed by atoms with Crippen molar-refractivity contribution in [2.24, 2.45) is 0 Å². The Hall–Kier alpha value is -2.20. The average molecular weight is 510 g/mol. The van der Waals surface area contributed by atoms with Crippen molar-refractivity contribution in [2.75, 3.05) is 17.7 Å². The first-order chi connectivity index (χ1) is 15.4. The predicted molar refractivity (Wildman–Crippen MR) is 132 cm³/mol. The maximum absolute atomic E-state index is 12.5. The molecule has 7 nitrogen and oxygen atoms in total. The normalized spacial score (nSPS) is 13.2. The fourth-order valence-corrected chi connectivity index (χ4v) is 5.50. The van der Waals surface area contributed by atoms with Gasteiger partial charge in [0.15, 0.2) is 5.11 Å². The molecule has 168 valence electrons. The SMILES string of the molecule is COC(=O)c1c(NC(=S)Nc2ncn(Cc3ccc(Cl)c(Cl)c3)n2)sc2c1CCCCC2. The Balaban J connectivity index is 1.45. The minimum Gasteiger partial charge on any atom is -0.465 e.